The Hall–Kier alpha value is -1.11. The van der Waals surface area contributed by atoms with Crippen molar-refractivity contribution in [3.8, 4) is 0 Å². The molecule has 2 N–H and O–H groups in total. The molecule has 2 atom stereocenters. The first kappa shape index (κ1) is 16.3. The first-order valence-corrected chi connectivity index (χ1v) is 9.45. The van der Waals surface area contributed by atoms with Gasteiger partial charge in [-0.2, -0.15) is 0 Å². The number of carbonyl (C=O) groups is 2. The molecule has 2 fully saturated rings. The topological polar surface area (TPSA) is 92.3 Å². The summed E-state index contributed by atoms with van der Waals surface area (Å²) in [5.41, 5.74) is 0. The van der Waals surface area contributed by atoms with Gasteiger partial charge in [0.15, 0.2) is 9.84 Å². The van der Waals surface area contributed by atoms with Crippen LogP contribution in [0.1, 0.15) is 39.0 Å². The van der Waals surface area contributed by atoms with Crippen LogP contribution in [0.2, 0.25) is 0 Å². The predicted molar refractivity (Wildman–Crippen MR) is 79.3 cm³/mol. The summed E-state index contributed by atoms with van der Waals surface area (Å²) < 4.78 is 22.8. The zero-order valence-electron chi connectivity index (χ0n) is 12.4. The maximum atomic E-state index is 12.3. The van der Waals surface area contributed by atoms with Crippen molar-refractivity contribution in [3.63, 3.8) is 0 Å². The van der Waals surface area contributed by atoms with Crippen LogP contribution in [0.25, 0.3) is 0 Å². The van der Waals surface area contributed by atoms with Gasteiger partial charge in [0.05, 0.1) is 11.5 Å². The minimum Gasteiger partial charge on any atom is -0.354 e. The van der Waals surface area contributed by atoms with E-state index in [9.17, 15) is 18.0 Å². The predicted octanol–water partition coefficient (Wildman–Crippen LogP) is 0.232. The Bertz CT molecular complexity index is 497. The van der Waals surface area contributed by atoms with E-state index in [1.807, 2.05) is 0 Å². The van der Waals surface area contributed by atoms with Gasteiger partial charge < -0.3 is 10.6 Å². The fourth-order valence-electron chi connectivity index (χ4n) is 3.30. The molecule has 0 bridgehead atoms. The molecule has 2 amide bonds. The summed E-state index contributed by atoms with van der Waals surface area (Å²) in [4.78, 5) is 23.6. The van der Waals surface area contributed by atoms with Gasteiger partial charge in [0, 0.05) is 13.5 Å². The highest BCUT2D eigenvalue weighted by Crippen LogP contribution is 2.28. The van der Waals surface area contributed by atoms with Crippen LogP contribution in [0.5, 0.6) is 0 Å². The standard InChI is InChI=1S/C14H24N2O4S/c1-10(17)16-13(12-4-2-3-5-12)14(18)15-8-11-6-7-21(19,20)9-11/h11-13H,2-9H2,1H3,(H,15,18)(H,16,17)/t11-,13+/m1/s1. The van der Waals surface area contributed by atoms with E-state index in [-0.39, 0.29) is 35.2 Å². The quantitative estimate of drug-likeness (QED) is 0.759. The fraction of sp³-hybridized carbons (Fsp3) is 0.857. The van der Waals surface area contributed by atoms with Crippen LogP contribution in [0.15, 0.2) is 0 Å². The van der Waals surface area contributed by atoms with Crippen molar-refractivity contribution in [2.45, 2.75) is 45.1 Å². The van der Waals surface area contributed by atoms with Gasteiger partial charge in [-0.25, -0.2) is 8.42 Å². The molecule has 1 saturated heterocycles. The minimum atomic E-state index is -2.92. The monoisotopic (exact) mass is 316 g/mol. The van der Waals surface area contributed by atoms with E-state index in [0.29, 0.717) is 13.0 Å². The molecule has 1 aliphatic heterocycles. The highest BCUT2D eigenvalue weighted by molar-refractivity contribution is 7.91. The van der Waals surface area contributed by atoms with E-state index in [0.717, 1.165) is 25.7 Å². The summed E-state index contributed by atoms with van der Waals surface area (Å²) >= 11 is 0. The van der Waals surface area contributed by atoms with Gasteiger partial charge in [-0.1, -0.05) is 12.8 Å². The Morgan fingerprint density at radius 1 is 1.19 bits per heavy atom. The Kier molecular flexibility index (Phi) is 5.24. The van der Waals surface area contributed by atoms with Gasteiger partial charge in [-0.15, -0.1) is 0 Å². The van der Waals surface area contributed by atoms with E-state index >= 15 is 0 Å². The van der Waals surface area contributed by atoms with Gasteiger partial charge in [0.1, 0.15) is 6.04 Å². The number of rotatable bonds is 5. The van der Waals surface area contributed by atoms with E-state index in [1.165, 1.54) is 6.92 Å². The normalized spacial score (nSPS) is 26.4. The van der Waals surface area contributed by atoms with Crippen molar-refractivity contribution in [1.82, 2.24) is 10.6 Å². The van der Waals surface area contributed by atoms with Crippen molar-refractivity contribution < 1.29 is 18.0 Å². The third-order valence-corrected chi connectivity index (χ3v) is 6.24. The third-order valence-electron chi connectivity index (χ3n) is 4.40. The minimum absolute atomic E-state index is 0.000469. The van der Waals surface area contributed by atoms with Crippen LogP contribution < -0.4 is 10.6 Å². The lowest BCUT2D eigenvalue weighted by Crippen LogP contribution is -2.50. The number of sulfone groups is 1. The van der Waals surface area contributed by atoms with Crippen LogP contribution in [0.3, 0.4) is 0 Å². The maximum Gasteiger partial charge on any atom is 0.242 e. The molecule has 0 unspecified atom stereocenters. The fourth-order valence-corrected chi connectivity index (χ4v) is 5.16. The van der Waals surface area contributed by atoms with Gasteiger partial charge in [0.2, 0.25) is 11.8 Å². The average Bonchev–Trinajstić information content (AvgIpc) is 3.02. The summed E-state index contributed by atoms with van der Waals surface area (Å²) in [5, 5.41) is 5.57. The van der Waals surface area contributed by atoms with Crippen LogP contribution in [0.4, 0.5) is 0 Å². The zero-order chi connectivity index (χ0) is 15.5. The van der Waals surface area contributed by atoms with E-state index < -0.39 is 15.9 Å². The lowest BCUT2D eigenvalue weighted by molar-refractivity contribution is -0.129. The average molecular weight is 316 g/mol. The molecule has 1 heterocycles. The highest BCUT2D eigenvalue weighted by atomic mass is 32.2. The summed E-state index contributed by atoms with van der Waals surface area (Å²) in [6.07, 6.45) is 4.70. The van der Waals surface area contributed by atoms with Gasteiger partial charge in [-0.3, -0.25) is 9.59 Å². The SMILES string of the molecule is CC(=O)N[C@H](C(=O)NC[C@H]1CCS(=O)(=O)C1)C1CCCC1. The van der Waals surface area contributed by atoms with Crippen molar-refractivity contribution in [2.75, 3.05) is 18.1 Å². The molecule has 120 valence electrons. The van der Waals surface area contributed by atoms with Crippen LogP contribution in [-0.4, -0.2) is 44.3 Å². The number of amides is 2. The Morgan fingerprint density at radius 3 is 2.38 bits per heavy atom. The van der Waals surface area contributed by atoms with E-state index in [1.54, 1.807) is 0 Å². The molecule has 21 heavy (non-hydrogen) atoms. The van der Waals surface area contributed by atoms with Gasteiger partial charge >= 0.3 is 0 Å². The summed E-state index contributed by atoms with van der Waals surface area (Å²) in [6, 6.07) is -0.483. The molecule has 1 aliphatic carbocycles. The van der Waals surface area contributed by atoms with Crippen molar-refractivity contribution in [2.24, 2.45) is 11.8 Å². The molecule has 0 radical (unpaired) electrons. The molecule has 0 aromatic heterocycles. The largest absolute Gasteiger partial charge is 0.354 e. The number of carbonyl (C=O) groups excluding carboxylic acids is 2. The molecule has 1 saturated carbocycles. The molecule has 0 spiro atoms. The lowest BCUT2D eigenvalue weighted by atomic mass is 9.97. The van der Waals surface area contributed by atoms with Crippen molar-refractivity contribution in [1.29, 1.82) is 0 Å². The van der Waals surface area contributed by atoms with Crippen LogP contribution in [0, 0.1) is 11.8 Å². The number of hydrogen-bond acceptors (Lipinski definition) is 4. The third kappa shape index (κ3) is 4.69. The summed E-state index contributed by atoms with van der Waals surface area (Å²) in [6.45, 7) is 1.79. The molecule has 7 heteroatoms. The zero-order valence-corrected chi connectivity index (χ0v) is 13.2. The first-order valence-electron chi connectivity index (χ1n) is 7.62. The van der Waals surface area contributed by atoms with E-state index in [4.69, 9.17) is 0 Å². The van der Waals surface area contributed by atoms with Crippen LogP contribution in [-0.2, 0) is 19.4 Å². The second-order valence-electron chi connectivity index (χ2n) is 6.24. The van der Waals surface area contributed by atoms with Crippen LogP contribution >= 0.6 is 0 Å². The molecule has 2 aliphatic rings. The van der Waals surface area contributed by atoms with Crippen molar-refractivity contribution >= 4 is 21.7 Å². The Labute approximate surface area is 126 Å². The Morgan fingerprint density at radius 2 is 1.86 bits per heavy atom. The van der Waals surface area contributed by atoms with Crippen molar-refractivity contribution in [3.05, 3.63) is 0 Å². The lowest BCUT2D eigenvalue weighted by Gasteiger charge is -2.24. The number of nitrogens with one attached hydrogen (secondary N) is 2. The molecule has 6 nitrogen and oxygen atoms in total. The second kappa shape index (κ2) is 6.77. The molecular weight excluding hydrogens is 292 g/mol. The second-order valence-corrected chi connectivity index (χ2v) is 8.47. The molecule has 2 rings (SSSR count). The van der Waals surface area contributed by atoms with Gasteiger partial charge in [-0.05, 0) is 31.1 Å². The van der Waals surface area contributed by atoms with E-state index in [2.05, 4.69) is 10.6 Å². The van der Waals surface area contributed by atoms with Gasteiger partial charge in [0.25, 0.3) is 0 Å². The first-order chi connectivity index (χ1) is 9.87. The molecular formula is C14H24N2O4S. The maximum absolute atomic E-state index is 12.3. The number of hydrogen-bond donors (Lipinski definition) is 2. The highest BCUT2D eigenvalue weighted by Gasteiger charge is 2.33. The Balaban J connectivity index is 1.87. The smallest absolute Gasteiger partial charge is 0.242 e. The molecule has 0 aromatic carbocycles. The molecule has 0 aromatic rings. The summed E-state index contributed by atoms with van der Waals surface area (Å²) in [7, 11) is -2.92. The summed E-state index contributed by atoms with van der Waals surface area (Å²) in [5.74, 6) is 0.181.